The van der Waals surface area contributed by atoms with Crippen LogP contribution >= 0.6 is 22.9 Å². The van der Waals surface area contributed by atoms with Gasteiger partial charge < -0.3 is 4.90 Å². The molecule has 2 aliphatic heterocycles. The van der Waals surface area contributed by atoms with E-state index in [9.17, 15) is 32.5 Å². The van der Waals surface area contributed by atoms with Crippen LogP contribution in [0.4, 0.5) is 28.4 Å². The molecule has 2 saturated heterocycles. The molecule has 2 aromatic carbocycles. The summed E-state index contributed by atoms with van der Waals surface area (Å²) in [4.78, 5) is 31.3. The van der Waals surface area contributed by atoms with Crippen LogP contribution < -0.4 is 10.5 Å². The van der Waals surface area contributed by atoms with Crippen molar-refractivity contribution in [3.8, 4) is 0 Å². The second-order valence-corrected chi connectivity index (χ2v) is 10.2. The van der Waals surface area contributed by atoms with Gasteiger partial charge in [-0.25, -0.2) is 4.39 Å². The predicted octanol–water partition coefficient (Wildman–Crippen LogP) is 4.94. The molecular weight excluding hydrogens is 512 g/mol. The highest BCUT2D eigenvalue weighted by molar-refractivity contribution is 7.22. The molecule has 184 valence electrons. The van der Waals surface area contributed by atoms with Crippen molar-refractivity contribution in [2.75, 3.05) is 31.1 Å². The monoisotopic (exact) mass is 528 g/mol. The van der Waals surface area contributed by atoms with Crippen LogP contribution in [0.2, 0.25) is 5.02 Å². The van der Waals surface area contributed by atoms with Crippen molar-refractivity contribution in [3.05, 3.63) is 72.8 Å². The highest BCUT2D eigenvalue weighted by Crippen LogP contribution is 2.40. The standard InChI is InChI=1S/C22H17ClF4N4O3S/c23-16-3-11(1-2-17(16)24)6-29-7-12-9-30(10-13(12)8-29)21-28-20(32)15-4-14(22(25,26)27)5-18(31(33)34)19(15)35-21/h1-5,12-13H,6-10H2. The number of likely N-dealkylation sites (tertiary alicyclic amines) is 1. The summed E-state index contributed by atoms with van der Waals surface area (Å²) in [7, 11) is 0. The number of hydrogen-bond donors (Lipinski definition) is 0. The Morgan fingerprint density at radius 2 is 1.83 bits per heavy atom. The Balaban J connectivity index is 1.37. The lowest BCUT2D eigenvalue weighted by Crippen LogP contribution is -2.29. The number of halogens is 5. The van der Waals surface area contributed by atoms with E-state index in [-0.39, 0.29) is 26.7 Å². The van der Waals surface area contributed by atoms with Gasteiger partial charge in [-0.15, -0.1) is 0 Å². The van der Waals surface area contributed by atoms with Gasteiger partial charge in [-0.05, 0) is 35.6 Å². The molecule has 0 spiro atoms. The maximum absolute atomic E-state index is 13.4. The molecule has 0 aliphatic carbocycles. The quantitative estimate of drug-likeness (QED) is 0.271. The van der Waals surface area contributed by atoms with Gasteiger partial charge in [0.25, 0.3) is 11.2 Å². The second kappa shape index (κ2) is 8.68. The van der Waals surface area contributed by atoms with Crippen molar-refractivity contribution in [1.82, 2.24) is 9.88 Å². The molecule has 2 aliphatic rings. The molecule has 0 N–H and O–H groups in total. The summed E-state index contributed by atoms with van der Waals surface area (Å²) in [5.41, 5.74) is -2.04. The van der Waals surface area contributed by atoms with E-state index < -0.39 is 39.1 Å². The SMILES string of the molecule is O=c1nc(N2CC3CN(Cc4ccc(F)c(Cl)c4)CC3C2)sc2c([N+](=O)[O-])cc(C(F)(F)F)cc12. The van der Waals surface area contributed by atoms with Gasteiger partial charge in [0.15, 0.2) is 5.13 Å². The van der Waals surface area contributed by atoms with E-state index in [1.165, 1.54) is 6.07 Å². The minimum atomic E-state index is -4.83. The van der Waals surface area contributed by atoms with Gasteiger partial charge in [0, 0.05) is 38.8 Å². The molecular formula is C22H17ClF4N4O3S. The molecule has 35 heavy (non-hydrogen) atoms. The van der Waals surface area contributed by atoms with Gasteiger partial charge in [0.1, 0.15) is 10.5 Å². The van der Waals surface area contributed by atoms with Crippen molar-refractivity contribution in [3.63, 3.8) is 0 Å². The van der Waals surface area contributed by atoms with Crippen molar-refractivity contribution < 1.29 is 22.5 Å². The summed E-state index contributed by atoms with van der Waals surface area (Å²) in [6.45, 7) is 3.26. The summed E-state index contributed by atoms with van der Waals surface area (Å²) in [5.74, 6) is 0.0442. The van der Waals surface area contributed by atoms with E-state index in [2.05, 4.69) is 9.88 Å². The van der Waals surface area contributed by atoms with E-state index in [4.69, 9.17) is 11.6 Å². The van der Waals surface area contributed by atoms with E-state index in [1.807, 2.05) is 4.90 Å². The summed E-state index contributed by atoms with van der Waals surface area (Å²) in [6, 6.07) is 5.71. The summed E-state index contributed by atoms with van der Waals surface area (Å²) < 4.78 is 52.8. The summed E-state index contributed by atoms with van der Waals surface area (Å²) in [5, 5.41) is 11.4. The van der Waals surface area contributed by atoms with Crippen molar-refractivity contribution >= 4 is 43.8 Å². The average molecular weight is 529 g/mol. The van der Waals surface area contributed by atoms with Crippen LogP contribution in [0, 0.1) is 27.8 Å². The number of anilines is 1. The van der Waals surface area contributed by atoms with Crippen molar-refractivity contribution in [2.45, 2.75) is 12.7 Å². The maximum Gasteiger partial charge on any atom is 0.416 e. The van der Waals surface area contributed by atoms with E-state index in [1.54, 1.807) is 12.1 Å². The topological polar surface area (TPSA) is 79.6 Å². The third-order valence-corrected chi connectivity index (χ3v) is 7.89. The number of nitrogens with zero attached hydrogens (tertiary/aromatic N) is 4. The first-order chi connectivity index (χ1) is 16.5. The number of hydrogen-bond acceptors (Lipinski definition) is 7. The third kappa shape index (κ3) is 4.57. The van der Waals surface area contributed by atoms with Crippen LogP contribution in [0.5, 0.6) is 0 Å². The summed E-state index contributed by atoms with van der Waals surface area (Å²) in [6.07, 6.45) is -4.83. The van der Waals surface area contributed by atoms with Crippen LogP contribution in [0.3, 0.4) is 0 Å². The van der Waals surface area contributed by atoms with Gasteiger partial charge in [-0.2, -0.15) is 18.2 Å². The first kappa shape index (κ1) is 23.9. The molecule has 2 atom stereocenters. The lowest BCUT2D eigenvalue weighted by molar-refractivity contribution is -0.383. The van der Waals surface area contributed by atoms with E-state index >= 15 is 0 Å². The van der Waals surface area contributed by atoms with Gasteiger partial charge in [-0.1, -0.05) is 29.0 Å². The van der Waals surface area contributed by atoms with Crippen LogP contribution in [-0.2, 0) is 12.7 Å². The molecule has 2 unspecified atom stereocenters. The Bertz CT molecular complexity index is 1390. The lowest BCUT2D eigenvalue weighted by atomic mass is 10.0. The highest BCUT2D eigenvalue weighted by Gasteiger charge is 2.41. The number of nitro benzene ring substituents is 1. The molecule has 5 rings (SSSR count). The Morgan fingerprint density at radius 3 is 2.43 bits per heavy atom. The fourth-order valence-corrected chi connectivity index (χ4v) is 6.13. The van der Waals surface area contributed by atoms with Crippen LogP contribution in [0.1, 0.15) is 11.1 Å². The van der Waals surface area contributed by atoms with Gasteiger partial charge >= 0.3 is 6.18 Å². The smallest absolute Gasteiger partial charge is 0.347 e. The first-order valence-electron chi connectivity index (χ1n) is 10.6. The average Bonchev–Trinajstić information content (AvgIpc) is 3.33. The number of rotatable bonds is 4. The number of benzene rings is 2. The number of alkyl halides is 3. The fraction of sp³-hybridized carbons (Fsp3) is 0.364. The molecule has 0 saturated carbocycles. The molecule has 0 radical (unpaired) electrons. The minimum Gasteiger partial charge on any atom is -0.347 e. The molecule has 0 bridgehead atoms. The molecule has 3 heterocycles. The van der Waals surface area contributed by atoms with Crippen LogP contribution in [0.25, 0.3) is 10.1 Å². The molecule has 3 aromatic rings. The molecule has 7 nitrogen and oxygen atoms in total. The molecule has 13 heteroatoms. The van der Waals surface area contributed by atoms with Gasteiger partial charge in [0.2, 0.25) is 0 Å². The Hall–Kier alpha value is -2.83. The Labute approximate surface area is 204 Å². The van der Waals surface area contributed by atoms with Gasteiger partial charge in [-0.3, -0.25) is 19.8 Å². The Morgan fingerprint density at radius 1 is 1.14 bits per heavy atom. The highest BCUT2D eigenvalue weighted by atomic mass is 35.5. The largest absolute Gasteiger partial charge is 0.416 e. The maximum atomic E-state index is 13.4. The zero-order valence-corrected chi connectivity index (χ0v) is 19.5. The fourth-order valence-electron chi connectivity index (χ4n) is 4.85. The number of fused-ring (bicyclic) bond motifs is 2. The normalized spacial score (nSPS) is 20.5. The molecule has 1 aromatic heterocycles. The number of nitro groups is 1. The first-order valence-corrected chi connectivity index (χ1v) is 11.8. The zero-order valence-electron chi connectivity index (χ0n) is 17.9. The van der Waals surface area contributed by atoms with E-state index in [0.29, 0.717) is 31.8 Å². The van der Waals surface area contributed by atoms with E-state index in [0.717, 1.165) is 30.0 Å². The lowest BCUT2D eigenvalue weighted by Gasteiger charge is -2.22. The number of non-ortho nitro benzene ring substituents is 1. The van der Waals surface area contributed by atoms with Crippen LogP contribution in [0.15, 0.2) is 35.1 Å². The predicted molar refractivity (Wildman–Crippen MR) is 123 cm³/mol. The summed E-state index contributed by atoms with van der Waals surface area (Å²) >= 11 is 6.73. The minimum absolute atomic E-state index is 0.0711. The molecule has 0 amide bonds. The second-order valence-electron chi connectivity index (χ2n) is 8.80. The van der Waals surface area contributed by atoms with Gasteiger partial charge in [0.05, 0.1) is 20.9 Å². The van der Waals surface area contributed by atoms with Crippen molar-refractivity contribution in [2.24, 2.45) is 11.8 Å². The van der Waals surface area contributed by atoms with Crippen molar-refractivity contribution in [1.29, 1.82) is 0 Å². The zero-order chi connectivity index (χ0) is 25.1. The molecule has 2 fully saturated rings. The number of aromatic nitrogens is 1. The third-order valence-electron chi connectivity index (χ3n) is 6.44. The Kier molecular flexibility index (Phi) is 5.93. The van der Waals surface area contributed by atoms with Crippen LogP contribution in [-0.4, -0.2) is 41.0 Å².